The maximum Gasteiger partial charge on any atom is 0.186 e. The summed E-state index contributed by atoms with van der Waals surface area (Å²) in [4.78, 5) is 14.8. The van der Waals surface area contributed by atoms with E-state index in [9.17, 15) is 4.79 Å². The molecule has 0 saturated heterocycles. The number of aromatic nitrogens is 2. The first-order chi connectivity index (χ1) is 6.85. The van der Waals surface area contributed by atoms with Crippen molar-refractivity contribution in [2.45, 2.75) is 13.5 Å². The van der Waals surface area contributed by atoms with Crippen LogP contribution in [0.3, 0.4) is 0 Å². The van der Waals surface area contributed by atoms with Crippen molar-refractivity contribution in [1.29, 1.82) is 0 Å². The van der Waals surface area contributed by atoms with Crippen molar-refractivity contribution >= 4 is 6.29 Å². The highest BCUT2D eigenvalue weighted by Gasteiger charge is 2.09. The van der Waals surface area contributed by atoms with Crippen molar-refractivity contribution in [3.05, 3.63) is 30.6 Å². The van der Waals surface area contributed by atoms with Gasteiger partial charge in [0.05, 0.1) is 23.8 Å². The lowest BCUT2D eigenvalue weighted by atomic mass is 10.2. The van der Waals surface area contributed by atoms with E-state index >= 15 is 0 Å². The lowest BCUT2D eigenvalue weighted by Gasteiger charge is -1.92. The summed E-state index contributed by atoms with van der Waals surface area (Å²) in [6.07, 6.45) is 5.80. The van der Waals surface area contributed by atoms with E-state index in [1.165, 1.54) is 6.26 Å². The Morgan fingerprint density at radius 3 is 3.14 bits per heavy atom. The molecule has 0 amide bonds. The molecule has 0 aromatic carbocycles. The Morgan fingerprint density at radius 2 is 2.50 bits per heavy atom. The highest BCUT2D eigenvalue weighted by molar-refractivity contribution is 5.82. The highest BCUT2D eigenvalue weighted by Crippen LogP contribution is 2.21. The number of carbonyl (C=O) groups excluding carboxylic acids is 1. The minimum Gasteiger partial charge on any atom is -0.461 e. The van der Waals surface area contributed by atoms with Crippen molar-refractivity contribution in [1.82, 2.24) is 9.55 Å². The Labute approximate surface area is 81.2 Å². The predicted octanol–water partition coefficient (Wildman–Crippen LogP) is 1.98. The van der Waals surface area contributed by atoms with Crippen LogP contribution in [0.25, 0.3) is 11.3 Å². The van der Waals surface area contributed by atoms with Crippen LogP contribution in [0.1, 0.15) is 17.5 Å². The molecule has 0 aliphatic heterocycles. The van der Waals surface area contributed by atoms with Crippen LogP contribution in [0.5, 0.6) is 0 Å². The monoisotopic (exact) mass is 190 g/mol. The molecule has 4 heteroatoms. The summed E-state index contributed by atoms with van der Waals surface area (Å²) in [7, 11) is 0. The quantitative estimate of drug-likeness (QED) is 0.695. The minimum atomic E-state index is 0.325. The summed E-state index contributed by atoms with van der Waals surface area (Å²) in [5, 5.41) is 0. The van der Waals surface area contributed by atoms with E-state index < -0.39 is 0 Å². The molecule has 0 aliphatic carbocycles. The van der Waals surface area contributed by atoms with Gasteiger partial charge in [-0.1, -0.05) is 0 Å². The number of imidazole rings is 1. The normalized spacial score (nSPS) is 10.4. The number of aldehydes is 1. The topological polar surface area (TPSA) is 48.0 Å². The maximum atomic E-state index is 10.6. The molecule has 2 heterocycles. The summed E-state index contributed by atoms with van der Waals surface area (Å²) in [6, 6.07) is 1.74. The van der Waals surface area contributed by atoms with Gasteiger partial charge >= 0.3 is 0 Å². The van der Waals surface area contributed by atoms with Crippen LogP contribution in [0.15, 0.2) is 29.3 Å². The van der Waals surface area contributed by atoms with Crippen molar-refractivity contribution in [2.24, 2.45) is 0 Å². The number of rotatable bonds is 3. The fourth-order valence-corrected chi connectivity index (χ4v) is 1.30. The molecule has 0 aliphatic rings. The summed E-state index contributed by atoms with van der Waals surface area (Å²) in [6.45, 7) is 2.89. The zero-order valence-electron chi connectivity index (χ0n) is 7.80. The van der Waals surface area contributed by atoms with Gasteiger partial charge < -0.3 is 8.98 Å². The Kier molecular flexibility index (Phi) is 2.18. The molecule has 0 fully saturated rings. The van der Waals surface area contributed by atoms with Crippen molar-refractivity contribution in [3.63, 3.8) is 0 Å². The molecule has 0 saturated carbocycles. The van der Waals surface area contributed by atoms with E-state index in [0.29, 0.717) is 12.0 Å². The number of aryl methyl sites for hydroxylation is 1. The fraction of sp³-hybridized carbons (Fsp3) is 0.200. The van der Waals surface area contributed by atoms with Crippen LogP contribution in [-0.2, 0) is 6.54 Å². The molecule has 0 N–H and O–H groups in total. The zero-order chi connectivity index (χ0) is 9.97. The molecule has 0 unspecified atom stereocenters. The number of hydrogen-bond donors (Lipinski definition) is 0. The van der Waals surface area contributed by atoms with Crippen molar-refractivity contribution in [3.8, 4) is 11.3 Å². The Balaban J connectivity index is 2.43. The average molecular weight is 190 g/mol. The van der Waals surface area contributed by atoms with Gasteiger partial charge in [0.1, 0.15) is 0 Å². The zero-order valence-corrected chi connectivity index (χ0v) is 7.80. The molecule has 0 radical (unpaired) electrons. The second-order valence-electron chi connectivity index (χ2n) is 2.91. The minimum absolute atomic E-state index is 0.325. The summed E-state index contributed by atoms with van der Waals surface area (Å²) >= 11 is 0. The highest BCUT2D eigenvalue weighted by atomic mass is 16.3. The van der Waals surface area contributed by atoms with Crippen LogP contribution in [0.4, 0.5) is 0 Å². The molecule has 2 aromatic rings. The smallest absolute Gasteiger partial charge is 0.186 e. The van der Waals surface area contributed by atoms with Gasteiger partial charge in [-0.3, -0.25) is 4.79 Å². The molecule has 4 nitrogen and oxygen atoms in total. The first-order valence-electron chi connectivity index (χ1n) is 4.40. The van der Waals surface area contributed by atoms with Gasteiger partial charge in [-0.05, 0) is 13.0 Å². The number of hydrogen-bond acceptors (Lipinski definition) is 3. The summed E-state index contributed by atoms with van der Waals surface area (Å²) in [5.41, 5.74) is 1.51. The van der Waals surface area contributed by atoms with E-state index in [2.05, 4.69) is 4.98 Å². The van der Waals surface area contributed by atoms with Gasteiger partial charge in [-0.15, -0.1) is 0 Å². The molecule has 0 spiro atoms. The summed E-state index contributed by atoms with van der Waals surface area (Å²) < 4.78 is 6.94. The second-order valence-corrected chi connectivity index (χ2v) is 2.91. The molecule has 0 atom stereocenters. The van der Waals surface area contributed by atoms with Crippen molar-refractivity contribution in [2.75, 3.05) is 0 Å². The maximum absolute atomic E-state index is 10.6. The van der Waals surface area contributed by atoms with E-state index in [4.69, 9.17) is 4.42 Å². The molecule has 2 rings (SSSR count). The molecule has 0 bridgehead atoms. The van der Waals surface area contributed by atoms with Gasteiger partial charge in [0.2, 0.25) is 0 Å². The number of carbonyl (C=O) groups is 1. The molecule has 72 valence electrons. The average Bonchev–Trinajstić information content (AvgIpc) is 2.85. The Morgan fingerprint density at radius 1 is 1.64 bits per heavy atom. The summed E-state index contributed by atoms with van der Waals surface area (Å²) in [5.74, 6) is 0.325. The van der Waals surface area contributed by atoms with Crippen LogP contribution in [-0.4, -0.2) is 15.8 Å². The molecule has 14 heavy (non-hydrogen) atoms. The first-order valence-corrected chi connectivity index (χ1v) is 4.40. The lowest BCUT2D eigenvalue weighted by molar-refractivity contribution is 0.110. The van der Waals surface area contributed by atoms with E-state index in [0.717, 1.165) is 17.8 Å². The van der Waals surface area contributed by atoms with Crippen LogP contribution >= 0.6 is 0 Å². The molecular weight excluding hydrogens is 180 g/mol. The number of furan rings is 1. The largest absolute Gasteiger partial charge is 0.461 e. The van der Waals surface area contributed by atoms with E-state index in [1.54, 1.807) is 12.4 Å². The van der Waals surface area contributed by atoms with Gasteiger partial charge in [0.25, 0.3) is 0 Å². The van der Waals surface area contributed by atoms with Gasteiger partial charge in [-0.2, -0.15) is 0 Å². The first kappa shape index (κ1) is 8.74. The van der Waals surface area contributed by atoms with Gasteiger partial charge in [-0.25, -0.2) is 4.98 Å². The third-order valence-electron chi connectivity index (χ3n) is 2.08. The van der Waals surface area contributed by atoms with Gasteiger partial charge in [0, 0.05) is 12.7 Å². The fourth-order valence-electron chi connectivity index (χ4n) is 1.30. The number of nitrogens with zero attached hydrogens (tertiary/aromatic N) is 2. The van der Waals surface area contributed by atoms with Crippen LogP contribution < -0.4 is 0 Å². The van der Waals surface area contributed by atoms with Crippen LogP contribution in [0.2, 0.25) is 0 Å². The van der Waals surface area contributed by atoms with Crippen LogP contribution in [0, 0.1) is 0 Å². The second kappa shape index (κ2) is 3.49. The predicted molar refractivity (Wildman–Crippen MR) is 51.0 cm³/mol. The standard InChI is InChI=1S/C10H10N2O2/c1-2-12-5-9(11-7-12)8-3-4-14-10(8)6-13/h3-7H,2H2,1H3. The molecular formula is C10H10N2O2. The van der Waals surface area contributed by atoms with Crippen molar-refractivity contribution < 1.29 is 9.21 Å². The Bertz CT molecular complexity index is 442. The molecule has 2 aromatic heterocycles. The SMILES string of the molecule is CCn1cnc(-c2ccoc2C=O)c1. The lowest BCUT2D eigenvalue weighted by Crippen LogP contribution is -1.86. The Hall–Kier alpha value is -1.84. The van der Waals surface area contributed by atoms with E-state index in [-0.39, 0.29) is 0 Å². The third kappa shape index (κ3) is 1.35. The third-order valence-corrected chi connectivity index (χ3v) is 2.08. The van der Waals surface area contributed by atoms with E-state index in [1.807, 2.05) is 17.7 Å². The van der Waals surface area contributed by atoms with Gasteiger partial charge in [0.15, 0.2) is 12.0 Å².